The van der Waals surface area contributed by atoms with Crippen LogP contribution in [0.15, 0.2) is 59.4 Å². The number of hydrogen-bond donors (Lipinski definition) is 1. The molecule has 0 aliphatic rings. The second-order valence-electron chi connectivity index (χ2n) is 4.87. The van der Waals surface area contributed by atoms with Crippen LogP contribution in [0.1, 0.15) is 16.6 Å². The maximum absolute atomic E-state index is 12.5. The SMILES string of the molecule is CCOc1ccccc1NC(=O)c1cc2ccccc2c(=O)s1. The predicted molar refractivity (Wildman–Crippen MR) is 93.7 cm³/mol. The Labute approximate surface area is 137 Å². The molecule has 0 aliphatic heterocycles. The van der Waals surface area contributed by atoms with Crippen molar-refractivity contribution < 1.29 is 9.53 Å². The molecule has 5 heteroatoms. The Morgan fingerprint density at radius 3 is 2.70 bits per heavy atom. The lowest BCUT2D eigenvalue weighted by Gasteiger charge is -2.11. The monoisotopic (exact) mass is 325 g/mol. The topological polar surface area (TPSA) is 55.4 Å². The van der Waals surface area contributed by atoms with Crippen LogP contribution in [0, 0.1) is 0 Å². The number of amides is 1. The lowest BCUT2D eigenvalue weighted by atomic mass is 10.2. The first-order valence-electron chi connectivity index (χ1n) is 7.25. The van der Waals surface area contributed by atoms with Crippen molar-refractivity contribution in [3.05, 3.63) is 69.0 Å². The summed E-state index contributed by atoms with van der Waals surface area (Å²) in [6.07, 6.45) is 0. The zero-order valence-corrected chi connectivity index (χ0v) is 13.4. The maximum atomic E-state index is 12.5. The lowest BCUT2D eigenvalue weighted by molar-refractivity contribution is 0.103. The molecule has 0 saturated carbocycles. The van der Waals surface area contributed by atoms with Crippen LogP contribution < -0.4 is 14.8 Å². The van der Waals surface area contributed by atoms with Gasteiger partial charge in [0.2, 0.25) is 4.74 Å². The van der Waals surface area contributed by atoms with Crippen molar-refractivity contribution in [3.8, 4) is 5.75 Å². The molecule has 0 fully saturated rings. The van der Waals surface area contributed by atoms with E-state index in [0.29, 0.717) is 28.3 Å². The third-order valence-corrected chi connectivity index (χ3v) is 4.26. The number of ether oxygens (including phenoxy) is 1. The highest BCUT2D eigenvalue weighted by atomic mass is 32.1. The molecule has 4 nitrogen and oxygen atoms in total. The normalized spacial score (nSPS) is 10.5. The maximum Gasteiger partial charge on any atom is 0.265 e. The quantitative estimate of drug-likeness (QED) is 0.791. The summed E-state index contributed by atoms with van der Waals surface area (Å²) in [5, 5.41) is 4.20. The fourth-order valence-corrected chi connectivity index (χ4v) is 3.11. The number of para-hydroxylation sites is 2. The molecule has 0 spiro atoms. The highest BCUT2D eigenvalue weighted by Crippen LogP contribution is 2.25. The fraction of sp³-hybridized carbons (Fsp3) is 0.111. The third kappa shape index (κ3) is 3.24. The Bertz CT molecular complexity index is 917. The minimum atomic E-state index is -0.315. The van der Waals surface area contributed by atoms with E-state index < -0.39 is 0 Å². The predicted octanol–water partition coefficient (Wildman–Crippen LogP) is 3.91. The molecule has 0 bridgehead atoms. The molecule has 23 heavy (non-hydrogen) atoms. The zero-order chi connectivity index (χ0) is 16.2. The van der Waals surface area contributed by atoms with Gasteiger partial charge in [-0.2, -0.15) is 0 Å². The van der Waals surface area contributed by atoms with E-state index in [2.05, 4.69) is 5.32 Å². The molecule has 0 radical (unpaired) electrons. The molecule has 3 aromatic rings. The van der Waals surface area contributed by atoms with E-state index in [1.165, 1.54) is 0 Å². The number of carbonyl (C=O) groups excluding carboxylic acids is 1. The molecule has 1 heterocycles. The Morgan fingerprint density at radius 2 is 1.87 bits per heavy atom. The van der Waals surface area contributed by atoms with Crippen LogP contribution >= 0.6 is 11.3 Å². The lowest BCUT2D eigenvalue weighted by Crippen LogP contribution is -2.13. The second-order valence-corrected chi connectivity index (χ2v) is 5.88. The first kappa shape index (κ1) is 15.2. The van der Waals surface area contributed by atoms with Crippen molar-refractivity contribution in [2.24, 2.45) is 0 Å². The first-order chi connectivity index (χ1) is 11.2. The first-order valence-corrected chi connectivity index (χ1v) is 8.06. The summed E-state index contributed by atoms with van der Waals surface area (Å²) in [6.45, 7) is 2.39. The Balaban J connectivity index is 1.94. The van der Waals surface area contributed by atoms with Gasteiger partial charge in [-0.25, -0.2) is 0 Å². The van der Waals surface area contributed by atoms with Crippen LogP contribution in [-0.4, -0.2) is 12.5 Å². The van der Waals surface area contributed by atoms with Gasteiger partial charge in [0.05, 0.1) is 17.2 Å². The van der Waals surface area contributed by atoms with Gasteiger partial charge < -0.3 is 10.1 Å². The van der Waals surface area contributed by atoms with Gasteiger partial charge in [-0.3, -0.25) is 9.59 Å². The largest absolute Gasteiger partial charge is 0.492 e. The van der Waals surface area contributed by atoms with Crippen molar-refractivity contribution in [1.82, 2.24) is 0 Å². The number of anilines is 1. The molecule has 1 aromatic heterocycles. The minimum absolute atomic E-state index is 0.119. The Kier molecular flexibility index (Phi) is 4.39. The van der Waals surface area contributed by atoms with E-state index in [1.54, 1.807) is 24.3 Å². The highest BCUT2D eigenvalue weighted by Gasteiger charge is 2.12. The van der Waals surface area contributed by atoms with Gasteiger partial charge in [0.25, 0.3) is 5.91 Å². The number of carbonyl (C=O) groups is 1. The summed E-state index contributed by atoms with van der Waals surface area (Å²) in [5.41, 5.74) is 0.590. The van der Waals surface area contributed by atoms with Crippen molar-refractivity contribution in [3.63, 3.8) is 0 Å². The number of hydrogen-bond acceptors (Lipinski definition) is 4. The summed E-state index contributed by atoms with van der Waals surface area (Å²) in [5.74, 6) is 0.293. The van der Waals surface area contributed by atoms with Crippen LogP contribution in [-0.2, 0) is 0 Å². The van der Waals surface area contributed by atoms with Gasteiger partial charge in [0.15, 0.2) is 0 Å². The van der Waals surface area contributed by atoms with Crippen LogP contribution in [0.5, 0.6) is 5.75 Å². The van der Waals surface area contributed by atoms with E-state index in [9.17, 15) is 9.59 Å². The third-order valence-electron chi connectivity index (χ3n) is 3.33. The number of rotatable bonds is 4. The summed E-state index contributed by atoms with van der Waals surface area (Å²) < 4.78 is 5.38. The Hall–Kier alpha value is -2.66. The zero-order valence-electron chi connectivity index (χ0n) is 12.5. The van der Waals surface area contributed by atoms with Crippen molar-refractivity contribution in [2.45, 2.75) is 6.92 Å². The van der Waals surface area contributed by atoms with Gasteiger partial charge in [-0.05, 0) is 36.6 Å². The van der Waals surface area contributed by atoms with Crippen molar-refractivity contribution in [2.75, 3.05) is 11.9 Å². The number of fused-ring (bicyclic) bond motifs is 1. The Morgan fingerprint density at radius 1 is 1.13 bits per heavy atom. The molecule has 116 valence electrons. The number of benzene rings is 2. The van der Waals surface area contributed by atoms with Gasteiger partial charge in [-0.15, -0.1) is 0 Å². The molecular formula is C18H15NO3S. The summed E-state index contributed by atoms with van der Waals surface area (Å²) >= 11 is 0.945. The van der Waals surface area contributed by atoms with Crippen molar-refractivity contribution >= 4 is 33.7 Å². The fourth-order valence-electron chi connectivity index (χ4n) is 2.28. The summed E-state index contributed by atoms with van der Waals surface area (Å²) in [6, 6.07) is 16.2. The molecule has 1 N–H and O–H groups in total. The average molecular weight is 325 g/mol. The van der Waals surface area contributed by atoms with Gasteiger partial charge >= 0.3 is 0 Å². The standard InChI is InChI=1S/C18H15NO3S/c1-2-22-15-10-6-5-9-14(15)19-17(20)16-11-12-7-3-4-8-13(12)18(21)23-16/h3-11H,2H2,1H3,(H,19,20). The van der Waals surface area contributed by atoms with Crippen molar-refractivity contribution in [1.29, 1.82) is 0 Å². The van der Waals surface area contributed by atoms with Crippen LogP contribution in [0.3, 0.4) is 0 Å². The van der Waals surface area contributed by atoms with E-state index in [-0.39, 0.29) is 10.6 Å². The molecule has 0 saturated heterocycles. The van der Waals surface area contributed by atoms with E-state index in [4.69, 9.17) is 4.74 Å². The van der Waals surface area contributed by atoms with Gasteiger partial charge in [-0.1, -0.05) is 41.7 Å². The molecule has 3 rings (SSSR count). The van der Waals surface area contributed by atoms with E-state index in [0.717, 1.165) is 16.7 Å². The van der Waals surface area contributed by atoms with Crippen LogP contribution in [0.4, 0.5) is 5.69 Å². The highest BCUT2D eigenvalue weighted by molar-refractivity contribution is 7.12. The van der Waals surface area contributed by atoms with Gasteiger partial charge in [0, 0.05) is 5.39 Å². The molecule has 0 aliphatic carbocycles. The minimum Gasteiger partial charge on any atom is -0.492 e. The summed E-state index contributed by atoms with van der Waals surface area (Å²) in [4.78, 5) is 25.0. The van der Waals surface area contributed by atoms with Crippen LogP contribution in [0.2, 0.25) is 0 Å². The molecular weight excluding hydrogens is 310 g/mol. The second kappa shape index (κ2) is 6.62. The number of nitrogens with one attached hydrogen (secondary N) is 1. The smallest absolute Gasteiger partial charge is 0.265 e. The van der Waals surface area contributed by atoms with Crippen LogP contribution in [0.25, 0.3) is 10.8 Å². The molecule has 2 aromatic carbocycles. The molecule has 0 unspecified atom stereocenters. The average Bonchev–Trinajstić information content (AvgIpc) is 2.57. The van der Waals surface area contributed by atoms with E-state index >= 15 is 0 Å². The molecule has 1 amide bonds. The molecule has 0 atom stereocenters. The van der Waals surface area contributed by atoms with E-state index in [1.807, 2.05) is 37.3 Å². The van der Waals surface area contributed by atoms with Gasteiger partial charge in [0.1, 0.15) is 5.75 Å². The summed E-state index contributed by atoms with van der Waals surface area (Å²) in [7, 11) is 0.